The van der Waals surface area contributed by atoms with E-state index in [1.165, 1.54) is 0 Å². The molecule has 2 heterocycles. The van der Waals surface area contributed by atoms with Crippen LogP contribution in [0.15, 0.2) is 6.07 Å². The zero-order chi connectivity index (χ0) is 14.8. The number of nitrogens with one attached hydrogen (secondary N) is 1. The summed E-state index contributed by atoms with van der Waals surface area (Å²) in [6, 6.07) is 1.63. The van der Waals surface area contributed by atoms with Crippen molar-refractivity contribution in [2.24, 2.45) is 0 Å². The molecule has 0 aliphatic rings. The van der Waals surface area contributed by atoms with Gasteiger partial charge in [-0.25, -0.2) is 0 Å². The minimum absolute atomic E-state index is 0.434. The molecule has 0 saturated heterocycles. The van der Waals surface area contributed by atoms with Crippen LogP contribution in [-0.4, -0.2) is 35.5 Å². The Morgan fingerprint density at radius 1 is 1.24 bits per heavy atom. The fourth-order valence-corrected chi connectivity index (χ4v) is 3.12. The summed E-state index contributed by atoms with van der Waals surface area (Å²) >= 11 is 13.5. The number of benzene rings is 1. The molecule has 0 radical (unpaired) electrons. The van der Waals surface area contributed by atoms with Crippen LogP contribution in [0.2, 0.25) is 10.0 Å². The first-order chi connectivity index (χ1) is 10.2. The second-order valence-electron chi connectivity index (χ2n) is 4.33. The van der Waals surface area contributed by atoms with Crippen molar-refractivity contribution in [3.63, 3.8) is 0 Å². The van der Waals surface area contributed by atoms with Gasteiger partial charge in [0.15, 0.2) is 5.82 Å². The Hall–Kier alpha value is -1.35. The van der Waals surface area contributed by atoms with Gasteiger partial charge in [0.1, 0.15) is 16.7 Å². The third-order valence-corrected chi connectivity index (χ3v) is 3.98. The number of hydrogen-bond donors (Lipinski definition) is 1. The zero-order valence-electron chi connectivity index (χ0n) is 11.0. The average molecular weight is 344 g/mol. The van der Waals surface area contributed by atoms with Crippen LogP contribution in [-0.2, 0) is 6.54 Å². The predicted molar refractivity (Wildman–Crippen MR) is 82.1 cm³/mol. The molecule has 110 valence electrons. The van der Waals surface area contributed by atoms with Crippen molar-refractivity contribution in [2.75, 3.05) is 6.54 Å². The Morgan fingerprint density at radius 2 is 2.05 bits per heavy atom. The predicted octanol–water partition coefficient (Wildman–Crippen LogP) is 2.47. The van der Waals surface area contributed by atoms with Crippen LogP contribution in [0.25, 0.3) is 16.7 Å². The Kier molecular flexibility index (Phi) is 4.29. The number of aromatic nitrogens is 6. The molecule has 3 aromatic rings. The molecule has 0 amide bonds. The van der Waals surface area contributed by atoms with Gasteiger partial charge >= 0.3 is 0 Å². The number of rotatable bonds is 5. The molecule has 10 heteroatoms. The van der Waals surface area contributed by atoms with Gasteiger partial charge in [-0.2, -0.15) is 13.4 Å². The Morgan fingerprint density at radius 3 is 2.86 bits per heavy atom. The molecule has 0 bridgehead atoms. The van der Waals surface area contributed by atoms with E-state index in [0.717, 1.165) is 24.7 Å². The van der Waals surface area contributed by atoms with Gasteiger partial charge in [0.05, 0.1) is 28.3 Å². The van der Waals surface area contributed by atoms with Gasteiger partial charge < -0.3 is 5.32 Å². The lowest BCUT2D eigenvalue weighted by molar-refractivity contribution is 0.633. The summed E-state index contributed by atoms with van der Waals surface area (Å²) in [6.45, 7) is 3.52. The Balaban J connectivity index is 2.09. The van der Waals surface area contributed by atoms with Gasteiger partial charge in [-0.3, -0.25) is 0 Å². The van der Waals surface area contributed by atoms with Gasteiger partial charge in [-0.1, -0.05) is 30.1 Å². The molecule has 1 N–H and O–H groups in total. The highest BCUT2D eigenvalue weighted by atomic mass is 35.5. The van der Waals surface area contributed by atoms with Crippen LogP contribution in [0.5, 0.6) is 0 Å². The van der Waals surface area contributed by atoms with Gasteiger partial charge in [-0.15, -0.1) is 5.10 Å². The van der Waals surface area contributed by atoms with Crippen molar-refractivity contribution in [1.29, 1.82) is 0 Å². The van der Waals surface area contributed by atoms with E-state index < -0.39 is 0 Å². The van der Waals surface area contributed by atoms with Crippen LogP contribution in [0.4, 0.5) is 0 Å². The summed E-state index contributed by atoms with van der Waals surface area (Å²) < 4.78 is 10.0. The number of tetrazole rings is 1. The molecule has 0 fully saturated rings. The van der Waals surface area contributed by atoms with Gasteiger partial charge in [0, 0.05) is 0 Å². The van der Waals surface area contributed by atoms with E-state index in [4.69, 9.17) is 23.2 Å². The quantitative estimate of drug-likeness (QED) is 0.716. The molecule has 1 aromatic carbocycles. The second-order valence-corrected chi connectivity index (χ2v) is 5.68. The summed E-state index contributed by atoms with van der Waals surface area (Å²) in [5.41, 5.74) is 1.80. The SMILES string of the molecule is CCCNCc1nnnn1-c1c(Cl)cc(Cl)c2nsnc12. The van der Waals surface area contributed by atoms with Gasteiger partial charge in [-0.05, 0) is 29.5 Å². The zero-order valence-corrected chi connectivity index (χ0v) is 13.4. The average Bonchev–Trinajstić information content (AvgIpc) is 3.09. The van der Waals surface area contributed by atoms with Crippen LogP contribution in [0.3, 0.4) is 0 Å². The third-order valence-electron chi connectivity index (χ3n) is 2.87. The topological polar surface area (TPSA) is 81.4 Å². The molecule has 0 aliphatic carbocycles. The molecule has 2 aromatic heterocycles. The van der Waals surface area contributed by atoms with Crippen LogP contribution < -0.4 is 5.32 Å². The lowest BCUT2D eigenvalue weighted by Crippen LogP contribution is -2.18. The van der Waals surface area contributed by atoms with Crippen LogP contribution in [0.1, 0.15) is 19.2 Å². The summed E-state index contributed by atoms with van der Waals surface area (Å²) in [7, 11) is 0. The van der Waals surface area contributed by atoms with Crippen molar-refractivity contribution in [3.8, 4) is 5.69 Å². The Labute approximate surface area is 134 Å². The van der Waals surface area contributed by atoms with Crippen molar-refractivity contribution < 1.29 is 0 Å². The van der Waals surface area contributed by atoms with E-state index in [1.54, 1.807) is 10.7 Å². The normalized spacial score (nSPS) is 11.4. The number of hydrogen-bond acceptors (Lipinski definition) is 7. The van der Waals surface area contributed by atoms with Gasteiger partial charge in [0.2, 0.25) is 0 Å². The summed E-state index contributed by atoms with van der Waals surface area (Å²) in [6.07, 6.45) is 1.03. The lowest BCUT2D eigenvalue weighted by Gasteiger charge is -2.08. The lowest BCUT2D eigenvalue weighted by atomic mass is 10.2. The molecule has 0 aliphatic heterocycles. The Bertz CT molecular complexity index is 769. The molecule has 3 rings (SSSR count). The maximum absolute atomic E-state index is 6.31. The standard InChI is InChI=1S/C11H11Cl2N7S/c1-2-3-14-5-8-15-18-19-20(8)11-7(13)4-6(12)9-10(11)17-21-16-9/h4,14H,2-3,5H2,1H3. The van der Waals surface area contributed by atoms with E-state index >= 15 is 0 Å². The maximum Gasteiger partial charge on any atom is 0.170 e. The molecule has 0 spiro atoms. The highest BCUT2D eigenvalue weighted by molar-refractivity contribution is 7.00. The van der Waals surface area contributed by atoms with E-state index in [9.17, 15) is 0 Å². The van der Waals surface area contributed by atoms with E-state index in [-0.39, 0.29) is 0 Å². The summed E-state index contributed by atoms with van der Waals surface area (Å²) in [5, 5.41) is 15.9. The molecule has 0 saturated carbocycles. The van der Waals surface area contributed by atoms with E-state index in [1.807, 2.05) is 0 Å². The van der Waals surface area contributed by atoms with Crippen molar-refractivity contribution in [1.82, 2.24) is 34.3 Å². The van der Waals surface area contributed by atoms with Crippen molar-refractivity contribution in [3.05, 3.63) is 21.9 Å². The molecular formula is C11H11Cl2N7S. The van der Waals surface area contributed by atoms with Crippen LogP contribution >= 0.6 is 34.9 Å². The summed E-state index contributed by atoms with van der Waals surface area (Å²) in [4.78, 5) is 0. The molecular weight excluding hydrogens is 333 g/mol. The molecule has 0 unspecified atom stereocenters. The van der Waals surface area contributed by atoms with Crippen molar-refractivity contribution in [2.45, 2.75) is 19.9 Å². The van der Waals surface area contributed by atoms with Gasteiger partial charge in [0.25, 0.3) is 0 Å². The van der Waals surface area contributed by atoms with E-state index in [2.05, 4.69) is 36.5 Å². The molecule has 21 heavy (non-hydrogen) atoms. The van der Waals surface area contributed by atoms with Crippen LogP contribution in [0, 0.1) is 0 Å². The number of nitrogens with zero attached hydrogens (tertiary/aromatic N) is 6. The number of fused-ring (bicyclic) bond motifs is 1. The highest BCUT2D eigenvalue weighted by Gasteiger charge is 2.19. The first-order valence-electron chi connectivity index (χ1n) is 6.31. The second kappa shape index (κ2) is 6.18. The smallest absolute Gasteiger partial charge is 0.170 e. The first-order valence-corrected chi connectivity index (χ1v) is 7.79. The minimum Gasteiger partial charge on any atom is -0.310 e. The van der Waals surface area contributed by atoms with E-state index in [0.29, 0.717) is 39.1 Å². The monoisotopic (exact) mass is 343 g/mol. The number of halogens is 2. The fourth-order valence-electron chi connectivity index (χ4n) is 1.93. The molecule has 7 nitrogen and oxygen atoms in total. The van der Waals surface area contributed by atoms with Crippen molar-refractivity contribution >= 4 is 46.0 Å². The highest BCUT2D eigenvalue weighted by Crippen LogP contribution is 2.33. The molecule has 0 atom stereocenters. The largest absolute Gasteiger partial charge is 0.310 e. The first kappa shape index (κ1) is 14.6. The fraction of sp³-hybridized carbons (Fsp3) is 0.364. The maximum atomic E-state index is 6.31. The minimum atomic E-state index is 0.434. The summed E-state index contributed by atoms with van der Waals surface area (Å²) in [5.74, 6) is 0.655. The third kappa shape index (κ3) is 2.71.